The third-order valence-corrected chi connectivity index (χ3v) is 2.07. The van der Waals surface area contributed by atoms with Crippen LogP contribution in [0.15, 0.2) is 36.6 Å². The SMILES string of the molecule is C#CCOC=CC=CCCCCCC=CC. The molecule has 0 fully saturated rings. The Balaban J connectivity index is 3.21. The summed E-state index contributed by atoms with van der Waals surface area (Å²) in [5.74, 6) is 2.40. The van der Waals surface area contributed by atoms with Crippen molar-refractivity contribution in [3.05, 3.63) is 36.6 Å². The molecule has 0 rings (SSSR count). The first kappa shape index (κ1) is 14.6. The lowest BCUT2D eigenvalue weighted by Crippen LogP contribution is -1.78. The van der Waals surface area contributed by atoms with Gasteiger partial charge < -0.3 is 4.74 Å². The Morgan fingerprint density at radius 1 is 1.06 bits per heavy atom. The van der Waals surface area contributed by atoms with Crippen LogP contribution >= 0.6 is 0 Å². The highest BCUT2D eigenvalue weighted by Crippen LogP contribution is 2.04. The molecule has 0 aromatic rings. The highest BCUT2D eigenvalue weighted by molar-refractivity contribution is 5.00. The first-order chi connectivity index (χ1) is 7.91. The van der Waals surface area contributed by atoms with Crippen molar-refractivity contribution in [1.82, 2.24) is 0 Å². The highest BCUT2D eigenvalue weighted by Gasteiger charge is 1.84. The Bertz CT molecular complexity index is 253. The van der Waals surface area contributed by atoms with E-state index in [2.05, 4.69) is 31.1 Å². The molecule has 0 bridgehead atoms. The number of rotatable bonds is 9. The third-order valence-electron chi connectivity index (χ3n) is 2.07. The lowest BCUT2D eigenvalue weighted by Gasteiger charge is -1.94. The Kier molecular flexibility index (Phi) is 12.4. The summed E-state index contributed by atoms with van der Waals surface area (Å²) in [6.45, 7) is 2.41. The minimum atomic E-state index is 0.343. The summed E-state index contributed by atoms with van der Waals surface area (Å²) in [6.07, 6.45) is 23.2. The topological polar surface area (TPSA) is 9.23 Å². The number of allylic oxidation sites excluding steroid dienone is 5. The number of unbranched alkanes of at least 4 members (excludes halogenated alkanes) is 4. The molecule has 0 spiro atoms. The molecule has 1 heteroatoms. The second-order valence-electron chi connectivity index (χ2n) is 3.48. The molecule has 16 heavy (non-hydrogen) atoms. The van der Waals surface area contributed by atoms with Gasteiger partial charge >= 0.3 is 0 Å². The van der Waals surface area contributed by atoms with E-state index < -0.39 is 0 Å². The summed E-state index contributed by atoms with van der Waals surface area (Å²) >= 11 is 0. The summed E-state index contributed by atoms with van der Waals surface area (Å²) in [6, 6.07) is 0. The van der Waals surface area contributed by atoms with Gasteiger partial charge in [0, 0.05) is 0 Å². The molecule has 0 aliphatic rings. The van der Waals surface area contributed by atoms with Crippen LogP contribution in [-0.2, 0) is 4.74 Å². The molecule has 0 aliphatic carbocycles. The largest absolute Gasteiger partial charge is 0.489 e. The smallest absolute Gasteiger partial charge is 0.147 e. The predicted octanol–water partition coefficient (Wildman–Crippen LogP) is 4.23. The minimum absolute atomic E-state index is 0.343. The second kappa shape index (κ2) is 13.6. The van der Waals surface area contributed by atoms with E-state index in [1.165, 1.54) is 25.7 Å². The molecule has 0 unspecified atom stereocenters. The van der Waals surface area contributed by atoms with Crippen molar-refractivity contribution in [2.24, 2.45) is 0 Å². The number of hydrogen-bond donors (Lipinski definition) is 0. The monoisotopic (exact) mass is 218 g/mol. The van der Waals surface area contributed by atoms with Crippen molar-refractivity contribution in [3.8, 4) is 12.3 Å². The Hall–Kier alpha value is -1.42. The zero-order valence-electron chi connectivity index (χ0n) is 10.2. The molecule has 0 heterocycles. The molecule has 0 N–H and O–H groups in total. The molecule has 0 aromatic carbocycles. The lowest BCUT2D eigenvalue weighted by molar-refractivity contribution is 0.296. The van der Waals surface area contributed by atoms with Crippen LogP contribution in [0.1, 0.15) is 39.0 Å². The van der Waals surface area contributed by atoms with Gasteiger partial charge in [0.1, 0.15) is 6.61 Å². The molecule has 0 saturated carbocycles. The van der Waals surface area contributed by atoms with Gasteiger partial charge in [-0.1, -0.05) is 36.6 Å². The van der Waals surface area contributed by atoms with Gasteiger partial charge in [-0.25, -0.2) is 0 Å². The van der Waals surface area contributed by atoms with Crippen molar-refractivity contribution >= 4 is 0 Å². The maximum absolute atomic E-state index is 5.03. The number of ether oxygens (including phenoxy) is 1. The fraction of sp³-hybridized carbons (Fsp3) is 0.467. The van der Waals surface area contributed by atoms with Crippen LogP contribution in [0.5, 0.6) is 0 Å². The van der Waals surface area contributed by atoms with E-state index in [0.717, 1.165) is 6.42 Å². The summed E-state index contributed by atoms with van der Waals surface area (Å²) < 4.78 is 4.98. The van der Waals surface area contributed by atoms with Crippen molar-refractivity contribution in [1.29, 1.82) is 0 Å². The van der Waals surface area contributed by atoms with Crippen molar-refractivity contribution in [3.63, 3.8) is 0 Å². The maximum atomic E-state index is 5.03. The number of terminal acetylenes is 1. The van der Waals surface area contributed by atoms with Gasteiger partial charge in [0.05, 0.1) is 6.26 Å². The lowest BCUT2D eigenvalue weighted by atomic mass is 10.1. The fourth-order valence-electron chi connectivity index (χ4n) is 1.24. The van der Waals surface area contributed by atoms with Gasteiger partial charge in [-0.3, -0.25) is 0 Å². The van der Waals surface area contributed by atoms with E-state index >= 15 is 0 Å². The van der Waals surface area contributed by atoms with Crippen LogP contribution in [-0.4, -0.2) is 6.61 Å². The molecule has 0 amide bonds. The summed E-state index contributed by atoms with van der Waals surface area (Å²) in [5.41, 5.74) is 0. The summed E-state index contributed by atoms with van der Waals surface area (Å²) in [4.78, 5) is 0. The Morgan fingerprint density at radius 3 is 2.50 bits per heavy atom. The highest BCUT2D eigenvalue weighted by atomic mass is 16.5. The van der Waals surface area contributed by atoms with E-state index in [9.17, 15) is 0 Å². The van der Waals surface area contributed by atoms with E-state index in [-0.39, 0.29) is 0 Å². The standard InChI is InChI=1S/C15H22O/c1-3-5-6-7-8-9-10-11-12-13-15-16-14-4-2/h2-3,5,11-13,15H,6-10,14H2,1H3. The zero-order valence-corrected chi connectivity index (χ0v) is 10.2. The quantitative estimate of drug-likeness (QED) is 0.185. The van der Waals surface area contributed by atoms with E-state index in [1.807, 2.05) is 12.2 Å². The molecule has 0 saturated heterocycles. The zero-order chi connectivity index (χ0) is 11.9. The Morgan fingerprint density at radius 2 is 1.81 bits per heavy atom. The molecular formula is C15H22O. The molecule has 0 radical (unpaired) electrons. The molecule has 0 aromatic heterocycles. The first-order valence-electron chi connectivity index (χ1n) is 5.89. The molecule has 88 valence electrons. The van der Waals surface area contributed by atoms with Crippen LogP contribution in [0, 0.1) is 12.3 Å². The van der Waals surface area contributed by atoms with Crippen molar-refractivity contribution in [2.45, 2.75) is 39.0 Å². The molecular weight excluding hydrogens is 196 g/mol. The first-order valence-corrected chi connectivity index (χ1v) is 5.89. The third kappa shape index (κ3) is 12.6. The fourth-order valence-corrected chi connectivity index (χ4v) is 1.24. The van der Waals surface area contributed by atoms with Crippen molar-refractivity contribution in [2.75, 3.05) is 6.61 Å². The van der Waals surface area contributed by atoms with E-state index in [0.29, 0.717) is 6.61 Å². The van der Waals surface area contributed by atoms with Crippen LogP contribution in [0.25, 0.3) is 0 Å². The van der Waals surface area contributed by atoms with E-state index in [4.69, 9.17) is 11.2 Å². The molecule has 1 nitrogen and oxygen atoms in total. The van der Waals surface area contributed by atoms with Crippen LogP contribution in [0.4, 0.5) is 0 Å². The Labute approximate surface area is 99.9 Å². The van der Waals surface area contributed by atoms with Crippen LogP contribution < -0.4 is 0 Å². The van der Waals surface area contributed by atoms with Crippen LogP contribution in [0.3, 0.4) is 0 Å². The summed E-state index contributed by atoms with van der Waals surface area (Å²) in [5, 5.41) is 0. The van der Waals surface area contributed by atoms with Gasteiger partial charge in [0.15, 0.2) is 0 Å². The van der Waals surface area contributed by atoms with Gasteiger partial charge in [-0.05, 0) is 38.7 Å². The van der Waals surface area contributed by atoms with Gasteiger partial charge in [-0.15, -0.1) is 6.42 Å². The normalized spacial score (nSPS) is 11.5. The van der Waals surface area contributed by atoms with Gasteiger partial charge in [-0.2, -0.15) is 0 Å². The summed E-state index contributed by atoms with van der Waals surface area (Å²) in [7, 11) is 0. The average Bonchev–Trinajstić information content (AvgIpc) is 2.31. The molecule has 0 atom stereocenters. The average molecular weight is 218 g/mol. The maximum Gasteiger partial charge on any atom is 0.147 e. The van der Waals surface area contributed by atoms with Crippen molar-refractivity contribution < 1.29 is 4.74 Å². The second-order valence-corrected chi connectivity index (χ2v) is 3.48. The van der Waals surface area contributed by atoms with Crippen LogP contribution in [0.2, 0.25) is 0 Å². The minimum Gasteiger partial charge on any atom is -0.489 e. The van der Waals surface area contributed by atoms with Gasteiger partial charge in [0.2, 0.25) is 0 Å². The predicted molar refractivity (Wildman–Crippen MR) is 71.0 cm³/mol. The number of hydrogen-bond acceptors (Lipinski definition) is 1. The van der Waals surface area contributed by atoms with E-state index in [1.54, 1.807) is 6.26 Å². The van der Waals surface area contributed by atoms with Gasteiger partial charge in [0.25, 0.3) is 0 Å². The molecule has 0 aliphatic heterocycles.